The number of hydrogen-bond acceptors (Lipinski definition) is 4. The Hall–Kier alpha value is -2.69. The van der Waals surface area contributed by atoms with Crippen LogP contribution in [0.15, 0.2) is 30.3 Å². The van der Waals surface area contributed by atoms with E-state index < -0.39 is 0 Å². The van der Waals surface area contributed by atoms with E-state index in [2.05, 4.69) is 11.4 Å². The van der Waals surface area contributed by atoms with E-state index in [4.69, 9.17) is 14.2 Å². The summed E-state index contributed by atoms with van der Waals surface area (Å²) in [5.74, 6) is 1.39. The Labute approximate surface area is 141 Å². The number of amides is 1. The maximum Gasteiger partial charge on any atom is 0.259 e. The lowest BCUT2D eigenvalue weighted by molar-refractivity contribution is 0.102. The Bertz CT molecular complexity index is 750. The zero-order chi connectivity index (χ0) is 17.1. The van der Waals surface area contributed by atoms with Crippen LogP contribution < -0.4 is 19.5 Å². The molecule has 126 valence electrons. The largest absolute Gasteiger partial charge is 0.496 e. The van der Waals surface area contributed by atoms with Crippen molar-refractivity contribution >= 4 is 11.6 Å². The average molecular weight is 327 g/mol. The van der Waals surface area contributed by atoms with E-state index in [0.29, 0.717) is 36.0 Å². The zero-order valence-electron chi connectivity index (χ0n) is 14.1. The number of anilines is 1. The van der Waals surface area contributed by atoms with Gasteiger partial charge in [0.25, 0.3) is 5.91 Å². The fraction of sp³-hybridized carbons (Fsp3) is 0.316. The minimum atomic E-state index is -0.243. The van der Waals surface area contributed by atoms with Crippen molar-refractivity contribution in [1.29, 1.82) is 0 Å². The van der Waals surface area contributed by atoms with Crippen LogP contribution in [-0.2, 0) is 0 Å². The SMILES string of the molecule is COc1cc2c(cc1C(=O)Nc1cc(C)cc(C)c1)OCCCO2. The monoisotopic (exact) mass is 327 g/mol. The third-order valence-electron chi connectivity index (χ3n) is 3.79. The maximum atomic E-state index is 12.7. The quantitative estimate of drug-likeness (QED) is 0.933. The molecule has 5 nitrogen and oxygen atoms in total. The van der Waals surface area contributed by atoms with Gasteiger partial charge in [0.1, 0.15) is 5.75 Å². The third-order valence-corrected chi connectivity index (χ3v) is 3.79. The van der Waals surface area contributed by atoms with E-state index >= 15 is 0 Å². The van der Waals surface area contributed by atoms with E-state index in [1.165, 1.54) is 7.11 Å². The van der Waals surface area contributed by atoms with Gasteiger partial charge >= 0.3 is 0 Å². The predicted molar refractivity (Wildman–Crippen MR) is 92.5 cm³/mol. The highest BCUT2D eigenvalue weighted by Crippen LogP contribution is 2.36. The maximum absolute atomic E-state index is 12.7. The molecule has 0 radical (unpaired) electrons. The lowest BCUT2D eigenvalue weighted by Crippen LogP contribution is -2.14. The molecule has 0 fully saturated rings. The van der Waals surface area contributed by atoms with Gasteiger partial charge in [-0.2, -0.15) is 0 Å². The smallest absolute Gasteiger partial charge is 0.259 e. The summed E-state index contributed by atoms with van der Waals surface area (Å²) < 4.78 is 16.7. The summed E-state index contributed by atoms with van der Waals surface area (Å²) in [5, 5.41) is 2.92. The number of ether oxygens (including phenoxy) is 3. The van der Waals surface area contributed by atoms with Crippen molar-refractivity contribution in [3.05, 3.63) is 47.0 Å². The number of nitrogens with one attached hydrogen (secondary N) is 1. The van der Waals surface area contributed by atoms with Crippen LogP contribution in [0.3, 0.4) is 0 Å². The molecule has 1 amide bonds. The molecule has 1 N–H and O–H groups in total. The molecule has 0 bridgehead atoms. The number of benzene rings is 2. The second kappa shape index (κ2) is 6.83. The summed E-state index contributed by atoms with van der Waals surface area (Å²) in [7, 11) is 1.53. The standard InChI is InChI=1S/C19H21NO4/c1-12-7-13(2)9-14(8-12)20-19(21)15-10-17-18(11-16(15)22-3)24-6-4-5-23-17/h7-11H,4-6H2,1-3H3,(H,20,21). The fourth-order valence-electron chi connectivity index (χ4n) is 2.78. The number of hydrogen-bond donors (Lipinski definition) is 1. The van der Waals surface area contributed by atoms with Crippen molar-refractivity contribution in [2.24, 2.45) is 0 Å². The molecule has 0 spiro atoms. The Morgan fingerprint density at radius 1 is 1.00 bits per heavy atom. The minimum Gasteiger partial charge on any atom is -0.496 e. The number of rotatable bonds is 3. The molecule has 1 heterocycles. The third kappa shape index (κ3) is 3.45. The first kappa shape index (κ1) is 16.2. The number of carbonyl (C=O) groups excluding carboxylic acids is 1. The van der Waals surface area contributed by atoms with Gasteiger partial charge < -0.3 is 19.5 Å². The van der Waals surface area contributed by atoms with Crippen LogP contribution >= 0.6 is 0 Å². The average Bonchev–Trinajstić information content (AvgIpc) is 2.77. The van der Waals surface area contributed by atoms with Gasteiger partial charge in [-0.3, -0.25) is 4.79 Å². The van der Waals surface area contributed by atoms with Gasteiger partial charge in [0, 0.05) is 24.2 Å². The van der Waals surface area contributed by atoms with Gasteiger partial charge in [0.05, 0.1) is 25.9 Å². The molecular formula is C19H21NO4. The van der Waals surface area contributed by atoms with Gasteiger partial charge in [-0.1, -0.05) is 6.07 Å². The molecule has 0 atom stereocenters. The van der Waals surface area contributed by atoms with Gasteiger partial charge in [-0.25, -0.2) is 0 Å². The van der Waals surface area contributed by atoms with E-state index in [-0.39, 0.29) is 5.91 Å². The number of aryl methyl sites for hydroxylation is 2. The Morgan fingerprint density at radius 2 is 1.62 bits per heavy atom. The first-order valence-electron chi connectivity index (χ1n) is 7.94. The van der Waals surface area contributed by atoms with Crippen molar-refractivity contribution in [3.63, 3.8) is 0 Å². The summed E-state index contributed by atoms with van der Waals surface area (Å²) in [6.45, 7) is 5.15. The van der Waals surface area contributed by atoms with Crippen LogP contribution in [0.5, 0.6) is 17.2 Å². The Kier molecular flexibility index (Phi) is 4.60. The Morgan fingerprint density at radius 3 is 2.25 bits per heavy atom. The fourth-order valence-corrected chi connectivity index (χ4v) is 2.78. The molecule has 0 unspecified atom stereocenters. The normalized spacial score (nSPS) is 13.1. The van der Waals surface area contributed by atoms with E-state index in [1.54, 1.807) is 12.1 Å². The zero-order valence-corrected chi connectivity index (χ0v) is 14.1. The van der Waals surface area contributed by atoms with Crippen LogP contribution in [-0.4, -0.2) is 26.2 Å². The summed E-state index contributed by atoms with van der Waals surface area (Å²) in [6, 6.07) is 9.30. The molecule has 5 heteroatoms. The number of carbonyl (C=O) groups is 1. The number of fused-ring (bicyclic) bond motifs is 1. The lowest BCUT2D eigenvalue weighted by atomic mass is 10.1. The van der Waals surface area contributed by atoms with E-state index in [1.807, 2.05) is 26.0 Å². The van der Waals surface area contributed by atoms with Crippen molar-refractivity contribution in [2.75, 3.05) is 25.6 Å². The highest BCUT2D eigenvalue weighted by Gasteiger charge is 2.20. The minimum absolute atomic E-state index is 0.243. The van der Waals surface area contributed by atoms with Crippen LogP contribution in [0.4, 0.5) is 5.69 Å². The van der Waals surface area contributed by atoms with Gasteiger partial charge in [-0.15, -0.1) is 0 Å². The molecule has 0 saturated heterocycles. The summed E-state index contributed by atoms with van der Waals surface area (Å²) >= 11 is 0. The molecule has 1 aliphatic rings. The second-order valence-electron chi connectivity index (χ2n) is 5.88. The first-order valence-corrected chi connectivity index (χ1v) is 7.94. The molecule has 0 aliphatic carbocycles. The predicted octanol–water partition coefficient (Wildman–Crippen LogP) is 3.73. The van der Waals surface area contributed by atoms with Crippen LogP contribution in [0.1, 0.15) is 27.9 Å². The number of methoxy groups -OCH3 is 1. The first-order chi connectivity index (χ1) is 11.6. The van der Waals surface area contributed by atoms with Crippen LogP contribution in [0.2, 0.25) is 0 Å². The van der Waals surface area contributed by atoms with Crippen molar-refractivity contribution in [3.8, 4) is 17.2 Å². The van der Waals surface area contributed by atoms with Gasteiger partial charge in [-0.05, 0) is 37.1 Å². The molecular weight excluding hydrogens is 306 g/mol. The molecule has 3 rings (SSSR count). The van der Waals surface area contributed by atoms with Gasteiger partial charge in [0.2, 0.25) is 0 Å². The molecule has 2 aromatic rings. The molecule has 2 aromatic carbocycles. The molecule has 0 saturated carbocycles. The van der Waals surface area contributed by atoms with Crippen LogP contribution in [0, 0.1) is 13.8 Å². The summed E-state index contributed by atoms with van der Waals surface area (Å²) in [5.41, 5.74) is 3.36. The van der Waals surface area contributed by atoms with E-state index in [0.717, 1.165) is 23.2 Å². The Balaban J connectivity index is 1.92. The molecule has 0 aromatic heterocycles. The summed E-state index contributed by atoms with van der Waals surface area (Å²) in [6.07, 6.45) is 0.807. The summed E-state index contributed by atoms with van der Waals surface area (Å²) in [4.78, 5) is 12.7. The van der Waals surface area contributed by atoms with Crippen molar-refractivity contribution < 1.29 is 19.0 Å². The van der Waals surface area contributed by atoms with E-state index in [9.17, 15) is 4.79 Å². The van der Waals surface area contributed by atoms with Crippen molar-refractivity contribution in [2.45, 2.75) is 20.3 Å². The van der Waals surface area contributed by atoms with Gasteiger partial charge in [0.15, 0.2) is 11.5 Å². The molecule has 1 aliphatic heterocycles. The highest BCUT2D eigenvalue weighted by molar-refractivity contribution is 6.06. The molecule has 24 heavy (non-hydrogen) atoms. The lowest BCUT2D eigenvalue weighted by Gasteiger charge is -2.14. The second-order valence-corrected chi connectivity index (χ2v) is 5.88. The topological polar surface area (TPSA) is 56.8 Å². The van der Waals surface area contributed by atoms with Crippen LogP contribution in [0.25, 0.3) is 0 Å². The highest BCUT2D eigenvalue weighted by atomic mass is 16.5. The van der Waals surface area contributed by atoms with Crippen molar-refractivity contribution in [1.82, 2.24) is 0 Å².